The molecule has 0 aliphatic rings. The third kappa shape index (κ3) is 3.97. The van der Waals surface area contributed by atoms with Crippen molar-refractivity contribution in [3.63, 3.8) is 0 Å². The van der Waals surface area contributed by atoms with Crippen LogP contribution in [0.15, 0.2) is 54.6 Å². The molecular formula is C17H10F3NO3S. The summed E-state index contributed by atoms with van der Waals surface area (Å²) >= 11 is 1.16. The number of hydrogen-bond donors (Lipinski definition) is 1. The Kier molecular flexibility index (Phi) is 4.45. The zero-order valence-corrected chi connectivity index (χ0v) is 13.3. The first-order chi connectivity index (χ1) is 11.8. The summed E-state index contributed by atoms with van der Waals surface area (Å²) in [4.78, 5) is 16.1. The average Bonchev–Trinajstić information content (AvgIpc) is 3.00. The maximum absolute atomic E-state index is 12.2. The van der Waals surface area contributed by atoms with Crippen LogP contribution in [-0.4, -0.2) is 22.4 Å². The van der Waals surface area contributed by atoms with Crippen molar-refractivity contribution in [1.82, 2.24) is 4.98 Å². The lowest BCUT2D eigenvalue weighted by atomic mass is 10.1. The van der Waals surface area contributed by atoms with E-state index in [0.29, 0.717) is 21.0 Å². The minimum absolute atomic E-state index is 0.0955. The molecule has 0 saturated heterocycles. The van der Waals surface area contributed by atoms with Crippen LogP contribution in [0.25, 0.3) is 21.0 Å². The topological polar surface area (TPSA) is 59.4 Å². The standard InChI is InChI=1S/C17H10F3NO3S/c18-17(19,20)24-12-8-6-11(7-9-12)15-21-13(16(22)23)14(25-15)10-4-2-1-3-5-10/h1-9H,(H,22,23). The fourth-order valence-electron chi connectivity index (χ4n) is 2.17. The van der Waals surface area contributed by atoms with Gasteiger partial charge in [0.15, 0.2) is 5.69 Å². The van der Waals surface area contributed by atoms with Gasteiger partial charge >= 0.3 is 12.3 Å². The molecule has 0 atom stereocenters. The molecule has 25 heavy (non-hydrogen) atoms. The molecule has 0 saturated carbocycles. The SMILES string of the molecule is O=C(O)c1nc(-c2ccc(OC(F)(F)F)cc2)sc1-c1ccccc1. The fraction of sp³-hybridized carbons (Fsp3) is 0.0588. The van der Waals surface area contributed by atoms with Crippen LogP contribution >= 0.6 is 11.3 Å². The molecule has 1 heterocycles. The molecule has 0 amide bonds. The average molecular weight is 365 g/mol. The number of benzene rings is 2. The van der Waals surface area contributed by atoms with Crippen LogP contribution in [0.1, 0.15) is 10.5 Å². The fourth-order valence-corrected chi connectivity index (χ4v) is 3.24. The van der Waals surface area contributed by atoms with Gasteiger partial charge in [-0.3, -0.25) is 0 Å². The minimum Gasteiger partial charge on any atom is -0.476 e. The highest BCUT2D eigenvalue weighted by Gasteiger charge is 2.31. The minimum atomic E-state index is -4.76. The van der Waals surface area contributed by atoms with Crippen molar-refractivity contribution in [3.05, 3.63) is 60.3 Å². The molecule has 128 valence electrons. The Morgan fingerprint density at radius 3 is 2.20 bits per heavy atom. The van der Waals surface area contributed by atoms with Crippen LogP contribution < -0.4 is 4.74 Å². The third-order valence-electron chi connectivity index (χ3n) is 3.20. The number of hydrogen-bond acceptors (Lipinski definition) is 4. The summed E-state index contributed by atoms with van der Waals surface area (Å²) in [5, 5.41) is 9.76. The predicted octanol–water partition coefficient (Wildman–Crippen LogP) is 5.07. The number of nitrogens with zero attached hydrogens (tertiary/aromatic N) is 1. The van der Waals surface area contributed by atoms with Crippen molar-refractivity contribution < 1.29 is 27.8 Å². The van der Waals surface area contributed by atoms with E-state index in [-0.39, 0.29) is 11.4 Å². The number of carboxylic acids is 1. The maximum atomic E-state index is 12.2. The summed E-state index contributed by atoms with van der Waals surface area (Å²) in [5.74, 6) is -1.52. The van der Waals surface area contributed by atoms with Crippen LogP contribution in [0.2, 0.25) is 0 Å². The highest BCUT2D eigenvalue weighted by molar-refractivity contribution is 7.18. The quantitative estimate of drug-likeness (QED) is 0.701. The number of thiazole rings is 1. The van der Waals surface area contributed by atoms with E-state index in [9.17, 15) is 23.1 Å². The van der Waals surface area contributed by atoms with Crippen molar-refractivity contribution in [2.24, 2.45) is 0 Å². The number of rotatable bonds is 4. The first-order valence-corrected chi connectivity index (χ1v) is 7.81. The second-order valence-electron chi connectivity index (χ2n) is 4.94. The molecule has 2 aromatic carbocycles. The Labute approximate surface area is 144 Å². The highest BCUT2D eigenvalue weighted by Crippen LogP contribution is 2.36. The molecule has 0 aliphatic heterocycles. The van der Waals surface area contributed by atoms with Gasteiger partial charge in [-0.15, -0.1) is 24.5 Å². The Morgan fingerprint density at radius 1 is 1.00 bits per heavy atom. The van der Waals surface area contributed by atoms with E-state index in [0.717, 1.165) is 23.5 Å². The number of carboxylic acid groups (broad SMARTS) is 1. The van der Waals surface area contributed by atoms with E-state index >= 15 is 0 Å². The zero-order valence-electron chi connectivity index (χ0n) is 12.4. The van der Waals surface area contributed by atoms with Crippen LogP contribution in [0, 0.1) is 0 Å². The third-order valence-corrected chi connectivity index (χ3v) is 4.35. The monoisotopic (exact) mass is 365 g/mol. The largest absolute Gasteiger partial charge is 0.573 e. The van der Waals surface area contributed by atoms with Crippen molar-refractivity contribution >= 4 is 17.3 Å². The number of halogens is 3. The highest BCUT2D eigenvalue weighted by atomic mass is 32.1. The normalized spacial score (nSPS) is 11.3. The van der Waals surface area contributed by atoms with Gasteiger partial charge in [0, 0.05) is 5.56 Å². The Morgan fingerprint density at radius 2 is 1.64 bits per heavy atom. The van der Waals surface area contributed by atoms with E-state index in [1.807, 2.05) is 6.07 Å². The number of carbonyl (C=O) groups is 1. The molecule has 3 aromatic rings. The van der Waals surface area contributed by atoms with Crippen LogP contribution in [0.4, 0.5) is 13.2 Å². The molecule has 8 heteroatoms. The zero-order chi connectivity index (χ0) is 18.0. The van der Waals surface area contributed by atoms with Crippen LogP contribution in [0.5, 0.6) is 5.75 Å². The summed E-state index contributed by atoms with van der Waals surface area (Å²) < 4.78 is 40.4. The molecule has 0 bridgehead atoms. The van der Waals surface area contributed by atoms with Crippen molar-refractivity contribution in [2.75, 3.05) is 0 Å². The number of aromatic carboxylic acids is 1. The molecule has 0 unspecified atom stereocenters. The molecule has 0 fully saturated rings. The van der Waals surface area contributed by atoms with Gasteiger partial charge in [-0.05, 0) is 29.8 Å². The molecule has 1 N–H and O–H groups in total. The number of alkyl halides is 3. The Bertz CT molecular complexity index is 890. The van der Waals surface area contributed by atoms with Crippen LogP contribution in [-0.2, 0) is 0 Å². The molecular weight excluding hydrogens is 355 g/mol. The molecule has 1 aromatic heterocycles. The van der Waals surface area contributed by atoms with E-state index < -0.39 is 12.3 Å². The summed E-state index contributed by atoms with van der Waals surface area (Å²) in [6, 6.07) is 14.0. The van der Waals surface area contributed by atoms with Gasteiger partial charge < -0.3 is 9.84 Å². The van der Waals surface area contributed by atoms with Gasteiger partial charge in [0.1, 0.15) is 10.8 Å². The lowest BCUT2D eigenvalue weighted by Gasteiger charge is -2.08. The molecule has 4 nitrogen and oxygen atoms in total. The van der Waals surface area contributed by atoms with Gasteiger partial charge in [-0.25, -0.2) is 9.78 Å². The smallest absolute Gasteiger partial charge is 0.476 e. The van der Waals surface area contributed by atoms with E-state index in [4.69, 9.17) is 0 Å². The van der Waals surface area contributed by atoms with Crippen LogP contribution in [0.3, 0.4) is 0 Å². The summed E-state index contributed by atoms with van der Waals surface area (Å²) in [7, 11) is 0. The molecule has 3 rings (SSSR count). The lowest BCUT2D eigenvalue weighted by molar-refractivity contribution is -0.274. The van der Waals surface area contributed by atoms with E-state index in [2.05, 4.69) is 9.72 Å². The van der Waals surface area contributed by atoms with E-state index in [1.54, 1.807) is 24.3 Å². The predicted molar refractivity (Wildman–Crippen MR) is 86.6 cm³/mol. The Hall–Kier alpha value is -2.87. The van der Waals surface area contributed by atoms with Crippen molar-refractivity contribution in [2.45, 2.75) is 6.36 Å². The summed E-state index contributed by atoms with van der Waals surface area (Å²) in [5.41, 5.74) is 1.12. The van der Waals surface area contributed by atoms with Gasteiger partial charge in [0.05, 0.1) is 4.88 Å². The first-order valence-electron chi connectivity index (χ1n) is 6.99. The second-order valence-corrected chi connectivity index (χ2v) is 5.94. The lowest BCUT2D eigenvalue weighted by Crippen LogP contribution is -2.16. The maximum Gasteiger partial charge on any atom is 0.573 e. The molecule has 0 aliphatic carbocycles. The summed E-state index contributed by atoms with van der Waals surface area (Å²) in [6.07, 6.45) is -4.76. The van der Waals surface area contributed by atoms with E-state index in [1.165, 1.54) is 12.1 Å². The first kappa shape index (κ1) is 17.0. The van der Waals surface area contributed by atoms with Gasteiger partial charge in [-0.2, -0.15) is 0 Å². The number of aromatic nitrogens is 1. The van der Waals surface area contributed by atoms with Crippen molar-refractivity contribution in [3.8, 4) is 26.8 Å². The Balaban J connectivity index is 1.97. The molecule has 0 radical (unpaired) electrons. The number of ether oxygens (including phenoxy) is 1. The van der Waals surface area contributed by atoms with Gasteiger partial charge in [0.25, 0.3) is 0 Å². The second kappa shape index (κ2) is 6.56. The van der Waals surface area contributed by atoms with Crippen molar-refractivity contribution in [1.29, 1.82) is 0 Å². The molecule has 0 spiro atoms. The van der Waals surface area contributed by atoms with Gasteiger partial charge in [0.2, 0.25) is 0 Å². The summed E-state index contributed by atoms with van der Waals surface area (Å²) in [6.45, 7) is 0. The van der Waals surface area contributed by atoms with Gasteiger partial charge in [-0.1, -0.05) is 30.3 Å².